The van der Waals surface area contributed by atoms with Crippen molar-refractivity contribution < 1.29 is 36.6 Å². The second-order valence-electron chi connectivity index (χ2n) is 12.4. The van der Waals surface area contributed by atoms with Crippen LogP contribution < -0.4 is 20.3 Å². The van der Waals surface area contributed by atoms with Gasteiger partial charge in [0.1, 0.15) is 17.1 Å². The summed E-state index contributed by atoms with van der Waals surface area (Å²) in [5.74, 6) is -1.62. The minimum atomic E-state index is -4.90. The lowest BCUT2D eigenvalue weighted by atomic mass is 9.83. The summed E-state index contributed by atoms with van der Waals surface area (Å²) in [6.07, 6.45) is -1.40. The highest BCUT2D eigenvalue weighted by Gasteiger charge is 2.51. The second-order valence-corrected chi connectivity index (χ2v) is 13.4. The van der Waals surface area contributed by atoms with Crippen molar-refractivity contribution >= 4 is 44.2 Å². The molecule has 2 aliphatic carbocycles. The number of aromatic nitrogens is 1. The third-order valence-electron chi connectivity index (χ3n) is 9.61. The van der Waals surface area contributed by atoms with Gasteiger partial charge in [0.15, 0.2) is 5.13 Å². The summed E-state index contributed by atoms with van der Waals surface area (Å²) in [6, 6.07) is 5.45. The first kappa shape index (κ1) is 29.3. The van der Waals surface area contributed by atoms with Gasteiger partial charge in [-0.25, -0.2) is 9.37 Å². The van der Waals surface area contributed by atoms with E-state index in [0.29, 0.717) is 45.5 Å². The summed E-state index contributed by atoms with van der Waals surface area (Å²) in [6.45, 7) is 3.16. The zero-order valence-electron chi connectivity index (χ0n) is 24.0. The molecular weight excluding hydrogens is 600 g/mol. The van der Waals surface area contributed by atoms with Gasteiger partial charge in [-0.3, -0.25) is 9.59 Å². The smallest absolute Gasteiger partial charge is 0.419 e. The van der Waals surface area contributed by atoms with Crippen molar-refractivity contribution in [1.82, 2.24) is 10.3 Å². The molecule has 2 aromatic carbocycles. The zero-order chi connectivity index (χ0) is 30.7. The molecule has 0 radical (unpaired) electrons. The minimum absolute atomic E-state index is 0.0249. The molecule has 3 heterocycles. The number of amides is 2. The molecule has 2 saturated carbocycles. The van der Waals surface area contributed by atoms with Gasteiger partial charge in [-0.15, -0.1) is 0 Å². The predicted octanol–water partition coefficient (Wildman–Crippen LogP) is 5.72. The Bertz CT molecular complexity index is 1600. The van der Waals surface area contributed by atoms with Gasteiger partial charge in [-0.1, -0.05) is 11.3 Å². The maximum atomic E-state index is 14.0. The normalized spacial score (nSPS) is 27.9. The lowest BCUT2D eigenvalue weighted by Crippen LogP contribution is -2.48. The van der Waals surface area contributed by atoms with Gasteiger partial charge < -0.3 is 25.0 Å². The number of piperidine rings is 1. The number of halogens is 4. The van der Waals surface area contributed by atoms with E-state index in [1.807, 2.05) is 6.07 Å². The Morgan fingerprint density at radius 3 is 2.55 bits per heavy atom. The van der Waals surface area contributed by atoms with Gasteiger partial charge in [0.2, 0.25) is 5.91 Å². The van der Waals surface area contributed by atoms with E-state index in [9.17, 15) is 27.2 Å². The van der Waals surface area contributed by atoms with Crippen LogP contribution in [0.4, 0.5) is 28.4 Å². The quantitative estimate of drug-likeness (QED) is 0.338. The Labute approximate surface area is 255 Å². The van der Waals surface area contributed by atoms with Crippen LogP contribution in [0.15, 0.2) is 30.3 Å². The molecule has 7 rings (SSSR count). The fourth-order valence-electron chi connectivity index (χ4n) is 7.75. The van der Waals surface area contributed by atoms with E-state index in [1.165, 1.54) is 18.4 Å². The Morgan fingerprint density at radius 2 is 1.82 bits per heavy atom. The van der Waals surface area contributed by atoms with Crippen LogP contribution >= 0.6 is 11.3 Å². The van der Waals surface area contributed by atoms with Crippen molar-refractivity contribution in [1.29, 1.82) is 0 Å². The highest BCUT2D eigenvalue weighted by atomic mass is 32.1. The van der Waals surface area contributed by atoms with Crippen LogP contribution in [0.2, 0.25) is 0 Å². The number of alkyl halides is 3. The number of methoxy groups -OCH3 is 1. The van der Waals surface area contributed by atoms with Gasteiger partial charge >= 0.3 is 6.18 Å². The number of rotatable bonds is 6. The van der Waals surface area contributed by atoms with E-state index in [2.05, 4.69) is 15.5 Å². The van der Waals surface area contributed by atoms with E-state index in [-0.39, 0.29) is 23.4 Å². The molecule has 8 nitrogen and oxygen atoms in total. The van der Waals surface area contributed by atoms with E-state index >= 15 is 0 Å². The van der Waals surface area contributed by atoms with E-state index < -0.39 is 35.4 Å². The molecule has 2 amide bonds. The number of anilines is 2. The fraction of sp³-hybridized carbons (Fsp3) is 0.516. The Kier molecular flexibility index (Phi) is 7.43. The van der Waals surface area contributed by atoms with Crippen molar-refractivity contribution in [3.05, 3.63) is 47.3 Å². The Morgan fingerprint density at radius 1 is 1.07 bits per heavy atom. The third-order valence-corrected chi connectivity index (χ3v) is 10.8. The summed E-state index contributed by atoms with van der Waals surface area (Å²) < 4.78 is 65.7. The summed E-state index contributed by atoms with van der Waals surface area (Å²) in [5.41, 5.74) is -0.557. The highest BCUT2D eigenvalue weighted by molar-refractivity contribution is 7.22. The average Bonchev–Trinajstić information content (AvgIpc) is 3.72. The summed E-state index contributed by atoms with van der Waals surface area (Å²) in [7, 11) is 1.50. The number of hydrogen-bond acceptors (Lipinski definition) is 7. The molecule has 4 fully saturated rings. The third kappa shape index (κ3) is 5.27. The van der Waals surface area contributed by atoms with Crippen LogP contribution in [-0.4, -0.2) is 56.3 Å². The number of hydrogen-bond donors (Lipinski definition) is 2. The topological polar surface area (TPSA) is 92.8 Å². The van der Waals surface area contributed by atoms with Crippen LogP contribution in [-0.2, 0) is 15.7 Å². The number of fused-ring (bicyclic) bond motifs is 5. The van der Waals surface area contributed by atoms with Crippen molar-refractivity contribution in [3.8, 4) is 5.75 Å². The average molecular weight is 633 g/mol. The van der Waals surface area contributed by atoms with Crippen molar-refractivity contribution in [3.63, 3.8) is 0 Å². The first-order valence-electron chi connectivity index (χ1n) is 14.9. The first-order valence-corrected chi connectivity index (χ1v) is 15.7. The summed E-state index contributed by atoms with van der Waals surface area (Å²) in [4.78, 5) is 34.6. The number of benzene rings is 2. The Hall–Kier alpha value is -3.45. The lowest BCUT2D eigenvalue weighted by molar-refractivity contribution is -0.140. The molecule has 0 spiro atoms. The molecule has 13 heteroatoms. The van der Waals surface area contributed by atoms with Crippen molar-refractivity contribution in [2.24, 2.45) is 29.6 Å². The molecule has 4 bridgehead atoms. The number of nitrogens with zero attached hydrogens (tertiary/aromatic N) is 2. The predicted molar refractivity (Wildman–Crippen MR) is 156 cm³/mol. The van der Waals surface area contributed by atoms with Gasteiger partial charge in [-0.05, 0) is 67.9 Å². The number of ether oxygens (including phenoxy) is 2. The molecule has 234 valence electrons. The fourth-order valence-corrected chi connectivity index (χ4v) is 8.86. The number of thiazole rings is 1. The van der Waals surface area contributed by atoms with E-state index in [1.54, 1.807) is 6.07 Å². The molecule has 6 atom stereocenters. The summed E-state index contributed by atoms with van der Waals surface area (Å²) in [5, 5.41) is 6.50. The highest BCUT2D eigenvalue weighted by Crippen LogP contribution is 2.49. The molecule has 4 aliphatic rings. The molecule has 2 saturated heterocycles. The van der Waals surface area contributed by atoms with Gasteiger partial charge in [0.25, 0.3) is 5.91 Å². The van der Waals surface area contributed by atoms with Crippen LogP contribution in [0.3, 0.4) is 0 Å². The Balaban J connectivity index is 1.14. The number of nitrogens with one attached hydrogen (secondary N) is 2. The molecule has 2 N–H and O–H groups in total. The maximum absolute atomic E-state index is 14.0. The standard InChI is InChI=1S/C31H32F4N4O4S/c1-42-23-7-6-22-27(44-30(37-22)39-11-15-8-16(12-39)14-43-13-15)25(23)29(41)38-26-18-3-2-17(9-18)24(26)28(40)36-19-4-5-21(32)20(10-19)31(33,34)35/h4-7,10,15-18,24,26H,2-3,8-9,11-14H2,1H3,(H,36,40)(H,38,41)/t15?,16?,17-,18+,24+,26-/m1/s1. The number of carbonyl (C=O) groups excluding carboxylic acids is 2. The van der Waals surface area contributed by atoms with Crippen LogP contribution in [0.5, 0.6) is 5.75 Å². The number of carbonyl (C=O) groups is 2. The summed E-state index contributed by atoms with van der Waals surface area (Å²) >= 11 is 1.44. The van der Waals surface area contributed by atoms with Crippen molar-refractivity contribution in [2.45, 2.75) is 37.9 Å². The SMILES string of the molecule is COc1ccc2nc(N3CC4COCC(C4)C3)sc2c1C(=O)N[C@@H]1[C@H]2CC[C@H](C2)[C@@H]1C(=O)Nc1ccc(F)c(C(F)(F)F)c1. The maximum Gasteiger partial charge on any atom is 0.419 e. The van der Waals surface area contributed by atoms with Crippen LogP contribution in [0.25, 0.3) is 10.2 Å². The molecule has 44 heavy (non-hydrogen) atoms. The molecule has 1 aromatic heterocycles. The zero-order valence-corrected chi connectivity index (χ0v) is 24.8. The van der Waals surface area contributed by atoms with Crippen LogP contribution in [0.1, 0.15) is 41.6 Å². The van der Waals surface area contributed by atoms with E-state index in [0.717, 1.165) is 63.2 Å². The first-order chi connectivity index (χ1) is 21.1. The lowest BCUT2D eigenvalue weighted by Gasteiger charge is -2.41. The monoisotopic (exact) mass is 632 g/mol. The second kappa shape index (κ2) is 11.2. The van der Waals surface area contributed by atoms with Gasteiger partial charge in [0, 0.05) is 36.7 Å². The van der Waals surface area contributed by atoms with Gasteiger partial charge in [0.05, 0.1) is 42.0 Å². The molecular formula is C31H32F4N4O4S. The van der Waals surface area contributed by atoms with E-state index in [4.69, 9.17) is 14.5 Å². The molecule has 3 aromatic rings. The minimum Gasteiger partial charge on any atom is -0.496 e. The molecule has 2 unspecified atom stereocenters. The van der Waals surface area contributed by atoms with Crippen LogP contribution in [0, 0.1) is 35.4 Å². The largest absolute Gasteiger partial charge is 0.496 e. The van der Waals surface area contributed by atoms with Crippen molar-refractivity contribution in [2.75, 3.05) is 43.6 Å². The molecule has 2 aliphatic heterocycles. The van der Waals surface area contributed by atoms with Gasteiger partial charge in [-0.2, -0.15) is 13.2 Å².